The predicted molar refractivity (Wildman–Crippen MR) is 65.6 cm³/mol. The highest BCUT2D eigenvalue weighted by Crippen LogP contribution is 2.11. The van der Waals surface area contributed by atoms with Crippen LogP contribution >= 0.6 is 0 Å². The van der Waals surface area contributed by atoms with Crippen molar-refractivity contribution in [3.8, 4) is 0 Å². The van der Waals surface area contributed by atoms with Crippen LogP contribution in [0.1, 0.15) is 34.1 Å². The molecule has 0 N–H and O–H groups in total. The average Bonchev–Trinajstić information content (AvgIpc) is 2.41. The Morgan fingerprint density at radius 2 is 2.00 bits per heavy atom. The Bertz CT molecular complexity index is 251. The molecule has 17 heavy (non-hydrogen) atoms. The minimum absolute atomic E-state index is 0.393. The van der Waals surface area contributed by atoms with Gasteiger partial charge in [-0.1, -0.05) is 6.92 Å². The number of carbonyl (C=O) groups excluding carboxylic acids is 1. The van der Waals surface area contributed by atoms with Crippen LogP contribution in [0, 0.1) is 0 Å². The topological polar surface area (TPSA) is 42.0 Å². The van der Waals surface area contributed by atoms with E-state index in [2.05, 4.69) is 11.8 Å². The largest absolute Gasteiger partial charge is 0.442 e. The Kier molecular flexibility index (Phi) is 5.21. The molecule has 0 saturated carbocycles. The van der Waals surface area contributed by atoms with Crippen molar-refractivity contribution in [3.05, 3.63) is 0 Å². The number of hydroxylamine groups is 2. The molecular formula is C12H24N2O3. The molecule has 1 fully saturated rings. The molecule has 1 saturated heterocycles. The summed E-state index contributed by atoms with van der Waals surface area (Å²) in [5.41, 5.74) is -0.476. The number of rotatable bonds is 2. The molecule has 0 spiro atoms. The highest BCUT2D eigenvalue weighted by molar-refractivity contribution is 5.66. The first-order chi connectivity index (χ1) is 7.92. The van der Waals surface area contributed by atoms with Gasteiger partial charge in [-0.3, -0.25) is 9.74 Å². The number of hydrogen-bond donors (Lipinski definition) is 0. The molecule has 5 nitrogen and oxygen atoms in total. The van der Waals surface area contributed by atoms with E-state index in [0.29, 0.717) is 13.2 Å². The average molecular weight is 244 g/mol. The summed E-state index contributed by atoms with van der Waals surface area (Å²) < 4.78 is 5.27. The monoisotopic (exact) mass is 244 g/mol. The summed E-state index contributed by atoms with van der Waals surface area (Å²) in [5, 5.41) is 1.33. The van der Waals surface area contributed by atoms with Crippen molar-refractivity contribution in [1.82, 2.24) is 9.96 Å². The zero-order chi connectivity index (χ0) is 12.9. The molecule has 1 amide bonds. The molecule has 0 aromatic heterocycles. The van der Waals surface area contributed by atoms with Gasteiger partial charge in [-0.15, -0.1) is 0 Å². The fourth-order valence-electron chi connectivity index (χ4n) is 1.69. The Balaban J connectivity index is 2.43. The number of hydrogen-bond acceptors (Lipinski definition) is 4. The Hall–Kier alpha value is -0.810. The zero-order valence-electron chi connectivity index (χ0n) is 11.4. The first-order valence-corrected chi connectivity index (χ1v) is 6.28. The first-order valence-electron chi connectivity index (χ1n) is 6.28. The molecule has 1 heterocycles. The lowest BCUT2D eigenvalue weighted by Gasteiger charge is -2.25. The highest BCUT2D eigenvalue weighted by Gasteiger charge is 2.25. The van der Waals surface area contributed by atoms with Gasteiger partial charge in [0.25, 0.3) is 0 Å². The third kappa shape index (κ3) is 5.37. The van der Waals surface area contributed by atoms with E-state index in [0.717, 1.165) is 26.1 Å². The summed E-state index contributed by atoms with van der Waals surface area (Å²) in [4.78, 5) is 19.5. The maximum atomic E-state index is 11.8. The lowest BCUT2D eigenvalue weighted by atomic mass is 10.2. The summed E-state index contributed by atoms with van der Waals surface area (Å²) in [6.45, 7) is 11.6. The van der Waals surface area contributed by atoms with E-state index in [9.17, 15) is 4.79 Å². The van der Waals surface area contributed by atoms with Crippen molar-refractivity contribution >= 4 is 6.09 Å². The highest BCUT2D eigenvalue weighted by atomic mass is 16.7. The van der Waals surface area contributed by atoms with E-state index in [1.807, 2.05) is 20.8 Å². The molecule has 1 aliphatic heterocycles. The molecular weight excluding hydrogens is 220 g/mol. The van der Waals surface area contributed by atoms with E-state index < -0.39 is 11.7 Å². The minimum atomic E-state index is -0.476. The molecule has 0 aliphatic carbocycles. The van der Waals surface area contributed by atoms with Gasteiger partial charge in [0, 0.05) is 13.1 Å². The lowest BCUT2D eigenvalue weighted by Crippen LogP contribution is -2.38. The Morgan fingerprint density at radius 1 is 1.29 bits per heavy atom. The van der Waals surface area contributed by atoms with Gasteiger partial charge in [0.2, 0.25) is 0 Å². The van der Waals surface area contributed by atoms with Crippen molar-refractivity contribution < 1.29 is 14.4 Å². The van der Waals surface area contributed by atoms with Crippen LogP contribution in [0.25, 0.3) is 0 Å². The van der Waals surface area contributed by atoms with Gasteiger partial charge in [0.05, 0.1) is 13.2 Å². The van der Waals surface area contributed by atoms with Crippen molar-refractivity contribution in [2.45, 2.75) is 39.7 Å². The van der Waals surface area contributed by atoms with Crippen LogP contribution in [-0.2, 0) is 9.57 Å². The number of amides is 1. The van der Waals surface area contributed by atoms with Crippen molar-refractivity contribution in [2.24, 2.45) is 0 Å². The predicted octanol–water partition coefficient (Wildman–Crippen LogP) is 1.88. The van der Waals surface area contributed by atoms with E-state index in [-0.39, 0.29) is 0 Å². The van der Waals surface area contributed by atoms with Crippen molar-refractivity contribution in [2.75, 3.05) is 32.8 Å². The molecule has 0 aromatic rings. The van der Waals surface area contributed by atoms with Gasteiger partial charge in [-0.25, -0.2) is 4.79 Å². The van der Waals surface area contributed by atoms with Gasteiger partial charge in [0.1, 0.15) is 5.60 Å². The molecule has 0 atom stereocenters. The van der Waals surface area contributed by atoms with Gasteiger partial charge < -0.3 is 4.74 Å². The minimum Gasteiger partial charge on any atom is -0.442 e. The van der Waals surface area contributed by atoms with Crippen LogP contribution in [0.2, 0.25) is 0 Å². The second kappa shape index (κ2) is 6.21. The molecule has 100 valence electrons. The second-order valence-electron chi connectivity index (χ2n) is 5.26. The maximum absolute atomic E-state index is 11.8. The van der Waals surface area contributed by atoms with Crippen LogP contribution in [0.4, 0.5) is 4.79 Å². The SMILES string of the molecule is CCCN1CCON(C(=O)OC(C)(C)C)CC1. The second-order valence-corrected chi connectivity index (χ2v) is 5.26. The van der Waals surface area contributed by atoms with E-state index in [1.165, 1.54) is 5.06 Å². The number of carbonyl (C=O) groups is 1. The lowest BCUT2D eigenvalue weighted by molar-refractivity contribution is -0.137. The standard InChI is InChI=1S/C12H24N2O3/c1-5-6-13-7-8-14(16-10-9-13)11(15)17-12(2,3)4/h5-10H2,1-4H3. The molecule has 0 aromatic carbocycles. The molecule has 0 radical (unpaired) electrons. The first kappa shape index (κ1) is 14.3. The normalized spacial score (nSPS) is 18.9. The zero-order valence-corrected chi connectivity index (χ0v) is 11.4. The molecule has 0 bridgehead atoms. The van der Waals surface area contributed by atoms with Crippen LogP contribution < -0.4 is 0 Å². The van der Waals surface area contributed by atoms with Gasteiger partial charge in [-0.05, 0) is 33.7 Å². The summed E-state index contributed by atoms with van der Waals surface area (Å²) >= 11 is 0. The van der Waals surface area contributed by atoms with Crippen LogP contribution in [0.15, 0.2) is 0 Å². The van der Waals surface area contributed by atoms with E-state index in [1.54, 1.807) is 0 Å². The van der Waals surface area contributed by atoms with Crippen LogP contribution in [0.5, 0.6) is 0 Å². The smallest absolute Gasteiger partial charge is 0.434 e. The third-order valence-electron chi connectivity index (χ3n) is 2.41. The Morgan fingerprint density at radius 3 is 2.59 bits per heavy atom. The molecule has 5 heteroatoms. The fraction of sp³-hybridized carbons (Fsp3) is 0.917. The molecule has 1 aliphatic rings. The summed E-state index contributed by atoms with van der Waals surface area (Å²) in [7, 11) is 0. The molecule has 1 rings (SSSR count). The van der Waals surface area contributed by atoms with Crippen LogP contribution in [0.3, 0.4) is 0 Å². The van der Waals surface area contributed by atoms with E-state index >= 15 is 0 Å². The van der Waals surface area contributed by atoms with Gasteiger partial charge >= 0.3 is 6.09 Å². The van der Waals surface area contributed by atoms with Crippen molar-refractivity contribution in [1.29, 1.82) is 0 Å². The quantitative estimate of drug-likeness (QED) is 0.744. The van der Waals surface area contributed by atoms with Gasteiger partial charge in [-0.2, -0.15) is 5.06 Å². The van der Waals surface area contributed by atoms with Gasteiger partial charge in [0.15, 0.2) is 0 Å². The number of ether oxygens (including phenoxy) is 1. The number of nitrogens with zero attached hydrogens (tertiary/aromatic N) is 2. The van der Waals surface area contributed by atoms with Crippen molar-refractivity contribution in [3.63, 3.8) is 0 Å². The maximum Gasteiger partial charge on any atom is 0.434 e. The summed E-state index contributed by atoms with van der Waals surface area (Å²) in [6.07, 6.45) is 0.725. The summed E-state index contributed by atoms with van der Waals surface area (Å²) in [6, 6.07) is 0. The van der Waals surface area contributed by atoms with Crippen LogP contribution in [-0.4, -0.2) is 54.4 Å². The Labute approximate surface area is 104 Å². The summed E-state index contributed by atoms with van der Waals surface area (Å²) in [5.74, 6) is 0. The fourth-order valence-corrected chi connectivity index (χ4v) is 1.69. The third-order valence-corrected chi connectivity index (χ3v) is 2.41. The molecule has 0 unspecified atom stereocenters. The van der Waals surface area contributed by atoms with E-state index in [4.69, 9.17) is 9.57 Å².